The van der Waals surface area contributed by atoms with E-state index in [4.69, 9.17) is 5.26 Å². The van der Waals surface area contributed by atoms with E-state index in [1.165, 1.54) is 22.8 Å². The van der Waals surface area contributed by atoms with Crippen LogP contribution in [0.15, 0.2) is 58.5 Å². The number of amides is 1. The van der Waals surface area contributed by atoms with Crippen LogP contribution in [0.25, 0.3) is 16.6 Å². The van der Waals surface area contributed by atoms with E-state index in [1.807, 2.05) is 6.07 Å². The first-order chi connectivity index (χ1) is 13.1. The number of aromatic nitrogens is 2. The number of hydrogen-bond donors (Lipinski definition) is 1. The minimum absolute atomic E-state index is 0.00926. The van der Waals surface area contributed by atoms with Gasteiger partial charge >= 0.3 is 0 Å². The van der Waals surface area contributed by atoms with Crippen molar-refractivity contribution in [3.05, 3.63) is 64.7 Å². The molecular weight excluding hydrogens is 367 g/mol. The summed E-state index contributed by atoms with van der Waals surface area (Å²) in [4.78, 5) is 29.3. The predicted octanol–water partition coefficient (Wildman–Crippen LogP) is 2.65. The molecule has 1 aromatic heterocycles. The van der Waals surface area contributed by atoms with Crippen LogP contribution in [0, 0.1) is 17.1 Å². The number of nitrogens with zero attached hydrogens (tertiary/aromatic N) is 3. The number of halogens is 1. The number of hydrogen-bond acceptors (Lipinski definition) is 5. The molecule has 1 heterocycles. The molecule has 8 heteroatoms. The molecule has 0 bridgehead atoms. The van der Waals surface area contributed by atoms with E-state index in [1.54, 1.807) is 30.3 Å². The summed E-state index contributed by atoms with van der Waals surface area (Å²) in [5.41, 5.74) is 0.147. The van der Waals surface area contributed by atoms with Crippen LogP contribution < -0.4 is 10.9 Å². The number of thioether (sulfide) groups is 1. The maximum atomic E-state index is 14.3. The quantitative estimate of drug-likeness (QED) is 0.402. The highest BCUT2D eigenvalue weighted by atomic mass is 32.2. The standard InChI is InChI=1S/C19H15FN4O2S/c20-14-7-2-4-9-16(14)24-18(26)13-6-1-3-8-15(13)23-19(24)27-12-17(25)22-11-5-10-21/h1-4,6-9H,5,11-12H2,(H,22,25). The monoisotopic (exact) mass is 382 g/mol. The Balaban J connectivity index is 2.02. The van der Waals surface area contributed by atoms with E-state index < -0.39 is 11.4 Å². The van der Waals surface area contributed by atoms with Crippen molar-refractivity contribution in [1.29, 1.82) is 5.26 Å². The van der Waals surface area contributed by atoms with E-state index in [9.17, 15) is 14.0 Å². The Hall–Kier alpha value is -3.18. The summed E-state index contributed by atoms with van der Waals surface area (Å²) in [6, 6.07) is 14.7. The van der Waals surface area contributed by atoms with Crippen LogP contribution in [0.2, 0.25) is 0 Å². The van der Waals surface area contributed by atoms with Crippen molar-refractivity contribution < 1.29 is 9.18 Å². The zero-order valence-corrected chi connectivity index (χ0v) is 15.0. The number of nitriles is 1. The molecule has 136 valence electrons. The maximum Gasteiger partial charge on any atom is 0.266 e. The maximum absolute atomic E-state index is 14.3. The molecule has 0 aliphatic heterocycles. The molecule has 0 fully saturated rings. The summed E-state index contributed by atoms with van der Waals surface area (Å²) >= 11 is 1.04. The first kappa shape index (κ1) is 18.6. The third-order valence-corrected chi connectivity index (χ3v) is 4.67. The lowest BCUT2D eigenvalue weighted by molar-refractivity contribution is -0.118. The van der Waals surface area contributed by atoms with Crippen LogP contribution in [-0.2, 0) is 4.79 Å². The smallest absolute Gasteiger partial charge is 0.266 e. The van der Waals surface area contributed by atoms with E-state index in [2.05, 4.69) is 10.3 Å². The van der Waals surface area contributed by atoms with Gasteiger partial charge < -0.3 is 5.32 Å². The topological polar surface area (TPSA) is 87.8 Å². The molecule has 1 N–H and O–H groups in total. The van der Waals surface area contributed by atoms with Crippen LogP contribution in [0.5, 0.6) is 0 Å². The number of carbonyl (C=O) groups is 1. The SMILES string of the molecule is N#CCCNC(=O)CSc1nc2ccccc2c(=O)n1-c1ccccc1F. The molecule has 6 nitrogen and oxygen atoms in total. The number of benzene rings is 2. The molecule has 0 atom stereocenters. The Bertz CT molecular complexity index is 1090. The Morgan fingerprint density at radius 2 is 1.96 bits per heavy atom. The van der Waals surface area contributed by atoms with Gasteiger partial charge in [-0.3, -0.25) is 14.2 Å². The lowest BCUT2D eigenvalue weighted by atomic mass is 10.2. The van der Waals surface area contributed by atoms with Crippen molar-refractivity contribution in [3.8, 4) is 11.8 Å². The van der Waals surface area contributed by atoms with E-state index in [0.29, 0.717) is 10.9 Å². The molecule has 3 aromatic rings. The van der Waals surface area contributed by atoms with Gasteiger partial charge in [0.15, 0.2) is 5.16 Å². The summed E-state index contributed by atoms with van der Waals surface area (Å²) in [5, 5.41) is 11.7. The normalized spacial score (nSPS) is 10.5. The minimum atomic E-state index is -0.558. The summed E-state index contributed by atoms with van der Waals surface area (Å²) < 4.78 is 15.5. The number of fused-ring (bicyclic) bond motifs is 1. The third-order valence-electron chi connectivity index (χ3n) is 3.73. The lowest BCUT2D eigenvalue weighted by Gasteiger charge is -2.13. The van der Waals surface area contributed by atoms with Gasteiger partial charge in [0, 0.05) is 6.54 Å². The average Bonchev–Trinajstić information content (AvgIpc) is 2.68. The second kappa shape index (κ2) is 8.47. The van der Waals surface area contributed by atoms with Crippen molar-refractivity contribution in [2.24, 2.45) is 0 Å². The number of rotatable bonds is 6. The summed E-state index contributed by atoms with van der Waals surface area (Å²) in [7, 11) is 0. The van der Waals surface area contributed by atoms with Crippen LogP contribution in [-0.4, -0.2) is 27.8 Å². The Morgan fingerprint density at radius 1 is 1.22 bits per heavy atom. The van der Waals surface area contributed by atoms with E-state index in [0.717, 1.165) is 11.8 Å². The molecule has 0 aliphatic carbocycles. The first-order valence-corrected chi connectivity index (χ1v) is 9.13. The summed E-state index contributed by atoms with van der Waals surface area (Å²) in [5.74, 6) is -0.861. The van der Waals surface area contributed by atoms with Gasteiger partial charge in [0.1, 0.15) is 5.82 Å². The molecule has 1 amide bonds. The molecule has 3 rings (SSSR count). The zero-order valence-electron chi connectivity index (χ0n) is 14.2. The highest BCUT2D eigenvalue weighted by Gasteiger charge is 2.16. The lowest BCUT2D eigenvalue weighted by Crippen LogP contribution is -2.27. The fourth-order valence-electron chi connectivity index (χ4n) is 2.49. The largest absolute Gasteiger partial charge is 0.354 e. The van der Waals surface area contributed by atoms with Crippen LogP contribution in [0.1, 0.15) is 6.42 Å². The summed E-state index contributed by atoms with van der Waals surface area (Å²) in [6.07, 6.45) is 0.213. The summed E-state index contributed by atoms with van der Waals surface area (Å²) in [6.45, 7) is 0.251. The van der Waals surface area contributed by atoms with Gasteiger partial charge in [0.05, 0.1) is 34.8 Å². The molecule has 27 heavy (non-hydrogen) atoms. The number of carbonyl (C=O) groups excluding carboxylic acids is 1. The van der Waals surface area contributed by atoms with Gasteiger partial charge in [0.2, 0.25) is 5.91 Å². The molecule has 0 saturated carbocycles. The number of nitrogens with one attached hydrogen (secondary N) is 1. The second-order valence-electron chi connectivity index (χ2n) is 5.55. The van der Waals surface area contributed by atoms with Gasteiger partial charge in [-0.1, -0.05) is 36.0 Å². The Labute approximate surface area is 158 Å². The van der Waals surface area contributed by atoms with Crippen molar-refractivity contribution in [1.82, 2.24) is 14.9 Å². The van der Waals surface area contributed by atoms with Gasteiger partial charge in [-0.2, -0.15) is 5.26 Å². The van der Waals surface area contributed by atoms with Gasteiger partial charge in [-0.25, -0.2) is 9.37 Å². The van der Waals surface area contributed by atoms with Gasteiger partial charge in [-0.15, -0.1) is 0 Å². The fraction of sp³-hybridized carbons (Fsp3) is 0.158. The van der Waals surface area contributed by atoms with E-state index >= 15 is 0 Å². The van der Waals surface area contributed by atoms with Gasteiger partial charge in [-0.05, 0) is 24.3 Å². The molecular formula is C19H15FN4O2S. The molecule has 2 aromatic carbocycles. The number of para-hydroxylation sites is 2. The minimum Gasteiger partial charge on any atom is -0.354 e. The van der Waals surface area contributed by atoms with Crippen LogP contribution in [0.4, 0.5) is 4.39 Å². The Kier molecular flexibility index (Phi) is 5.84. The van der Waals surface area contributed by atoms with Crippen molar-refractivity contribution in [2.75, 3.05) is 12.3 Å². The molecule has 0 unspecified atom stereocenters. The van der Waals surface area contributed by atoms with Crippen molar-refractivity contribution in [3.63, 3.8) is 0 Å². The first-order valence-electron chi connectivity index (χ1n) is 8.15. The predicted molar refractivity (Wildman–Crippen MR) is 101 cm³/mol. The molecule has 0 saturated heterocycles. The van der Waals surface area contributed by atoms with Crippen LogP contribution in [0.3, 0.4) is 0 Å². The average molecular weight is 382 g/mol. The third kappa shape index (κ3) is 4.15. The molecule has 0 spiro atoms. The fourth-order valence-corrected chi connectivity index (χ4v) is 3.33. The second-order valence-corrected chi connectivity index (χ2v) is 6.49. The molecule has 0 aliphatic rings. The Morgan fingerprint density at radius 3 is 2.74 bits per heavy atom. The van der Waals surface area contributed by atoms with E-state index in [-0.39, 0.29) is 35.5 Å². The highest BCUT2D eigenvalue weighted by molar-refractivity contribution is 7.99. The van der Waals surface area contributed by atoms with Crippen LogP contribution >= 0.6 is 11.8 Å². The van der Waals surface area contributed by atoms with Crippen molar-refractivity contribution in [2.45, 2.75) is 11.6 Å². The molecule has 0 radical (unpaired) electrons. The van der Waals surface area contributed by atoms with Crippen molar-refractivity contribution >= 4 is 28.6 Å². The van der Waals surface area contributed by atoms with Gasteiger partial charge in [0.25, 0.3) is 5.56 Å². The zero-order chi connectivity index (χ0) is 19.2. The highest BCUT2D eigenvalue weighted by Crippen LogP contribution is 2.22.